The van der Waals surface area contributed by atoms with E-state index in [1.165, 1.54) is 0 Å². The number of hydrogen-bond donors (Lipinski definition) is 0. The van der Waals surface area contributed by atoms with E-state index in [0.717, 1.165) is 43.9 Å². The molecule has 124 valence electrons. The Bertz CT molecular complexity index is 628. The molecule has 0 saturated carbocycles. The molecule has 2 aliphatic heterocycles. The lowest BCUT2D eigenvalue weighted by Gasteiger charge is -2.32. The number of fused-ring (bicyclic) bond motifs is 1. The summed E-state index contributed by atoms with van der Waals surface area (Å²) in [7, 11) is -1.74. The average molecular weight is 328 g/mol. The van der Waals surface area contributed by atoms with Gasteiger partial charge in [0.25, 0.3) is 0 Å². The summed E-state index contributed by atoms with van der Waals surface area (Å²) in [4.78, 5) is 0. The molecule has 3 heterocycles. The summed E-state index contributed by atoms with van der Waals surface area (Å²) in [5.74, 6) is 2.20. The second-order valence-corrected chi connectivity index (χ2v) is 8.27. The second-order valence-electron chi connectivity index (χ2n) is 6.25. The lowest BCUT2D eigenvalue weighted by Crippen LogP contribution is -2.42. The molecular weight excluding hydrogens is 304 g/mol. The number of ether oxygens (including phenoxy) is 1. The van der Waals surface area contributed by atoms with Crippen LogP contribution in [0.2, 0.25) is 0 Å². The number of sulfonamides is 1. The van der Waals surface area contributed by atoms with E-state index in [9.17, 15) is 8.42 Å². The van der Waals surface area contributed by atoms with Crippen LogP contribution >= 0.6 is 0 Å². The topological polar surface area (TPSA) is 77.3 Å². The average Bonchev–Trinajstić information content (AvgIpc) is 3.09. The predicted molar refractivity (Wildman–Crippen MR) is 82.1 cm³/mol. The summed E-state index contributed by atoms with van der Waals surface area (Å²) in [5.41, 5.74) is 0. The van der Waals surface area contributed by atoms with Crippen molar-refractivity contribution in [2.75, 3.05) is 26.0 Å². The van der Waals surface area contributed by atoms with Gasteiger partial charge in [-0.25, -0.2) is 12.7 Å². The van der Waals surface area contributed by atoms with E-state index in [1.807, 2.05) is 0 Å². The van der Waals surface area contributed by atoms with Crippen molar-refractivity contribution in [3.8, 4) is 0 Å². The van der Waals surface area contributed by atoms with Crippen LogP contribution in [0, 0.1) is 0 Å². The molecule has 0 unspecified atom stereocenters. The first kappa shape index (κ1) is 15.9. The first-order valence-electron chi connectivity index (χ1n) is 7.94. The number of nitrogens with zero attached hydrogens (tertiary/aromatic N) is 4. The van der Waals surface area contributed by atoms with Crippen molar-refractivity contribution in [2.24, 2.45) is 0 Å². The van der Waals surface area contributed by atoms with Crippen LogP contribution in [0.5, 0.6) is 0 Å². The van der Waals surface area contributed by atoms with Crippen molar-refractivity contribution in [3.05, 3.63) is 11.6 Å². The molecule has 2 aliphatic rings. The number of methoxy groups -OCH3 is 1. The lowest BCUT2D eigenvalue weighted by atomic mass is 9.99. The normalized spacial score (nSPS) is 24.4. The first-order chi connectivity index (χ1) is 10.5. The highest BCUT2D eigenvalue weighted by Gasteiger charge is 2.33. The van der Waals surface area contributed by atoms with Gasteiger partial charge in [-0.3, -0.25) is 0 Å². The monoisotopic (exact) mass is 328 g/mol. The zero-order valence-electron chi connectivity index (χ0n) is 13.2. The number of aromatic nitrogens is 3. The van der Waals surface area contributed by atoms with Crippen LogP contribution in [0.25, 0.3) is 0 Å². The van der Waals surface area contributed by atoms with Gasteiger partial charge in [0.15, 0.2) is 0 Å². The maximum atomic E-state index is 12.5. The van der Waals surface area contributed by atoms with Gasteiger partial charge < -0.3 is 9.30 Å². The summed E-state index contributed by atoms with van der Waals surface area (Å²) in [6.45, 7) is 3.85. The molecule has 1 saturated heterocycles. The van der Waals surface area contributed by atoms with Gasteiger partial charge in [-0.2, -0.15) is 0 Å². The molecule has 1 aromatic rings. The van der Waals surface area contributed by atoms with Gasteiger partial charge in [0, 0.05) is 39.1 Å². The maximum absolute atomic E-state index is 12.5. The van der Waals surface area contributed by atoms with E-state index < -0.39 is 10.0 Å². The van der Waals surface area contributed by atoms with Gasteiger partial charge in [0.1, 0.15) is 11.6 Å². The zero-order valence-corrected chi connectivity index (χ0v) is 14.0. The third kappa shape index (κ3) is 3.04. The highest BCUT2D eigenvalue weighted by atomic mass is 32.2. The Balaban J connectivity index is 1.74. The van der Waals surface area contributed by atoms with Gasteiger partial charge in [-0.15, -0.1) is 10.2 Å². The molecule has 0 aromatic carbocycles. The number of rotatable bonds is 5. The van der Waals surface area contributed by atoms with Gasteiger partial charge in [0.05, 0.1) is 11.9 Å². The summed E-state index contributed by atoms with van der Waals surface area (Å²) in [6.07, 6.45) is 3.64. The molecule has 2 atom stereocenters. The summed E-state index contributed by atoms with van der Waals surface area (Å²) >= 11 is 0. The largest absolute Gasteiger partial charge is 0.381 e. The highest BCUT2D eigenvalue weighted by molar-refractivity contribution is 7.89. The van der Waals surface area contributed by atoms with E-state index in [2.05, 4.69) is 14.8 Å². The molecule has 0 spiro atoms. The summed E-state index contributed by atoms with van der Waals surface area (Å²) in [5, 5.41) is 8.57. The number of piperidine rings is 1. The predicted octanol–water partition coefficient (Wildman–Crippen LogP) is 0.768. The molecule has 0 aliphatic carbocycles. The second kappa shape index (κ2) is 6.25. The van der Waals surface area contributed by atoms with Gasteiger partial charge >= 0.3 is 0 Å². The van der Waals surface area contributed by atoms with Crippen LogP contribution in [0.1, 0.15) is 43.8 Å². The Morgan fingerprint density at radius 3 is 2.91 bits per heavy atom. The van der Waals surface area contributed by atoms with Crippen LogP contribution in [0.3, 0.4) is 0 Å². The molecule has 7 nitrogen and oxygen atoms in total. The lowest BCUT2D eigenvalue weighted by molar-refractivity contribution is 0.134. The van der Waals surface area contributed by atoms with Crippen molar-refractivity contribution in [3.63, 3.8) is 0 Å². The molecule has 22 heavy (non-hydrogen) atoms. The molecule has 0 N–H and O–H groups in total. The van der Waals surface area contributed by atoms with Gasteiger partial charge in [-0.1, -0.05) is 0 Å². The van der Waals surface area contributed by atoms with E-state index >= 15 is 0 Å². The van der Waals surface area contributed by atoms with Crippen molar-refractivity contribution >= 4 is 10.0 Å². The Labute approximate surface area is 131 Å². The van der Waals surface area contributed by atoms with Crippen molar-refractivity contribution in [1.82, 2.24) is 19.1 Å². The van der Waals surface area contributed by atoms with Crippen molar-refractivity contribution < 1.29 is 13.2 Å². The number of hydrogen-bond acceptors (Lipinski definition) is 5. The van der Waals surface area contributed by atoms with Crippen molar-refractivity contribution in [1.29, 1.82) is 0 Å². The van der Waals surface area contributed by atoms with E-state index in [-0.39, 0.29) is 17.8 Å². The quantitative estimate of drug-likeness (QED) is 0.798. The van der Waals surface area contributed by atoms with E-state index in [4.69, 9.17) is 4.74 Å². The van der Waals surface area contributed by atoms with Gasteiger partial charge in [0.2, 0.25) is 10.0 Å². The van der Waals surface area contributed by atoms with E-state index in [0.29, 0.717) is 13.1 Å². The van der Waals surface area contributed by atoms with Crippen LogP contribution < -0.4 is 0 Å². The number of aryl methyl sites for hydroxylation is 1. The third-order valence-electron chi connectivity index (χ3n) is 4.63. The Morgan fingerprint density at radius 2 is 2.14 bits per heavy atom. The van der Waals surface area contributed by atoms with Crippen LogP contribution in [0.15, 0.2) is 0 Å². The van der Waals surface area contributed by atoms with Gasteiger partial charge in [-0.05, 0) is 26.2 Å². The Kier molecular flexibility index (Phi) is 4.52. The molecule has 0 radical (unpaired) electrons. The molecular formula is C14H24N4O3S. The molecule has 1 aromatic heterocycles. The Morgan fingerprint density at radius 1 is 1.32 bits per heavy atom. The first-order valence-corrected chi connectivity index (χ1v) is 9.55. The third-order valence-corrected chi connectivity index (χ3v) is 6.64. The maximum Gasteiger partial charge on any atom is 0.216 e. The van der Waals surface area contributed by atoms with Crippen molar-refractivity contribution in [2.45, 2.75) is 51.2 Å². The molecule has 0 amide bonds. The summed E-state index contributed by atoms with van der Waals surface area (Å²) < 4.78 is 33.9. The highest BCUT2D eigenvalue weighted by Crippen LogP contribution is 2.29. The SMILES string of the molecule is CO[C@H](C)CS(=O)(=O)N1CCC[C@H](c2nnc3n2CCC3)C1. The zero-order chi connectivity index (χ0) is 15.7. The van der Waals surface area contributed by atoms with Crippen LogP contribution in [-0.2, 0) is 27.7 Å². The smallest absolute Gasteiger partial charge is 0.216 e. The minimum absolute atomic E-state index is 0.0359. The Hall–Kier alpha value is -0.990. The van der Waals surface area contributed by atoms with E-state index in [1.54, 1.807) is 18.3 Å². The fourth-order valence-electron chi connectivity index (χ4n) is 3.35. The minimum atomic E-state index is -3.28. The fraction of sp³-hybridized carbons (Fsp3) is 0.857. The van der Waals surface area contributed by atoms with Crippen LogP contribution in [-0.4, -0.2) is 59.5 Å². The molecule has 8 heteroatoms. The van der Waals surface area contributed by atoms with Crippen LogP contribution in [0.4, 0.5) is 0 Å². The fourth-order valence-corrected chi connectivity index (χ4v) is 5.11. The summed E-state index contributed by atoms with van der Waals surface area (Å²) in [6, 6.07) is 0. The standard InChI is InChI=1S/C14H24N4O3S/c1-11(21-2)10-22(19,20)17-7-3-5-12(9-17)14-16-15-13-6-4-8-18(13)14/h11-12H,3-10H2,1-2H3/t11-,12+/m1/s1. The molecule has 1 fully saturated rings. The minimum Gasteiger partial charge on any atom is -0.381 e. The molecule has 0 bridgehead atoms. The molecule has 3 rings (SSSR count).